The summed E-state index contributed by atoms with van der Waals surface area (Å²) in [4.78, 5) is 11.0. The lowest BCUT2D eigenvalue weighted by Crippen LogP contribution is -2.12. The van der Waals surface area contributed by atoms with Crippen molar-refractivity contribution in [3.63, 3.8) is 0 Å². The highest BCUT2D eigenvalue weighted by Gasteiger charge is 2.16. The summed E-state index contributed by atoms with van der Waals surface area (Å²) in [7, 11) is 1.89. The Morgan fingerprint density at radius 2 is 2.54 bits per heavy atom. The molecule has 4 heteroatoms. The molecule has 1 aromatic rings. The number of rotatable bonds is 2. The Labute approximate surface area is 76.9 Å². The number of aromatic nitrogens is 2. The highest BCUT2D eigenvalue weighted by atomic mass is 16.1. The van der Waals surface area contributed by atoms with Crippen LogP contribution in [0, 0.1) is 5.92 Å². The molecule has 1 fully saturated rings. The molecule has 0 radical (unpaired) electrons. The zero-order valence-corrected chi connectivity index (χ0v) is 7.84. The van der Waals surface area contributed by atoms with E-state index in [1.807, 2.05) is 11.7 Å². The molecule has 1 unspecified atom stereocenters. The Kier molecular flexibility index (Phi) is 2.22. The molecule has 1 atom stereocenters. The zero-order chi connectivity index (χ0) is 9.26. The molecule has 0 amide bonds. The van der Waals surface area contributed by atoms with Gasteiger partial charge in [-0.15, -0.1) is 0 Å². The number of nitrogens with one attached hydrogen (secondary N) is 2. The largest absolute Gasteiger partial charge is 0.316 e. The fraction of sp³-hybridized carbons (Fsp3) is 0.667. The van der Waals surface area contributed by atoms with E-state index in [4.69, 9.17) is 0 Å². The van der Waals surface area contributed by atoms with Crippen LogP contribution in [-0.2, 0) is 13.5 Å². The first-order valence-electron chi connectivity index (χ1n) is 4.71. The lowest BCUT2D eigenvalue weighted by Gasteiger charge is -2.07. The van der Waals surface area contributed by atoms with Crippen molar-refractivity contribution in [2.24, 2.45) is 13.0 Å². The molecule has 2 heterocycles. The molecule has 2 N–H and O–H groups in total. The normalized spacial score (nSPS) is 22.4. The highest BCUT2D eigenvalue weighted by Crippen LogP contribution is 2.13. The van der Waals surface area contributed by atoms with Gasteiger partial charge < -0.3 is 5.32 Å². The maximum atomic E-state index is 11.0. The second-order valence-electron chi connectivity index (χ2n) is 3.73. The van der Waals surface area contributed by atoms with Gasteiger partial charge in [0.15, 0.2) is 0 Å². The average Bonchev–Trinajstić information content (AvgIpc) is 2.63. The number of aromatic amines is 1. The Balaban J connectivity index is 2.08. The summed E-state index contributed by atoms with van der Waals surface area (Å²) in [5.74, 6) is 0.696. The molecule has 0 saturated carbocycles. The molecular weight excluding hydrogens is 166 g/mol. The Bertz CT molecular complexity index is 333. The van der Waals surface area contributed by atoms with E-state index in [2.05, 4.69) is 10.4 Å². The van der Waals surface area contributed by atoms with E-state index >= 15 is 0 Å². The van der Waals surface area contributed by atoms with Crippen molar-refractivity contribution in [1.82, 2.24) is 15.1 Å². The van der Waals surface area contributed by atoms with Gasteiger partial charge in [-0.05, 0) is 31.8 Å². The van der Waals surface area contributed by atoms with Gasteiger partial charge >= 0.3 is 0 Å². The fourth-order valence-corrected chi connectivity index (χ4v) is 1.90. The van der Waals surface area contributed by atoms with Gasteiger partial charge in [0.2, 0.25) is 0 Å². The number of aryl methyl sites for hydroxylation is 1. The van der Waals surface area contributed by atoms with E-state index in [1.165, 1.54) is 6.42 Å². The van der Waals surface area contributed by atoms with Gasteiger partial charge in [0.25, 0.3) is 5.56 Å². The summed E-state index contributed by atoms with van der Waals surface area (Å²) in [5, 5.41) is 6.04. The molecule has 13 heavy (non-hydrogen) atoms. The summed E-state index contributed by atoms with van der Waals surface area (Å²) in [6, 6.07) is 1.69. The van der Waals surface area contributed by atoms with E-state index in [9.17, 15) is 4.79 Å². The number of nitrogens with zero attached hydrogens (tertiary/aromatic N) is 1. The Hall–Kier alpha value is -1.03. The van der Waals surface area contributed by atoms with Crippen LogP contribution in [0.15, 0.2) is 10.9 Å². The van der Waals surface area contributed by atoms with Crippen LogP contribution in [0.5, 0.6) is 0 Å². The van der Waals surface area contributed by atoms with Crippen LogP contribution in [0.1, 0.15) is 12.1 Å². The van der Waals surface area contributed by atoms with Gasteiger partial charge in [-0.25, -0.2) is 0 Å². The zero-order valence-electron chi connectivity index (χ0n) is 7.84. The second kappa shape index (κ2) is 3.38. The van der Waals surface area contributed by atoms with Crippen LogP contribution >= 0.6 is 0 Å². The first-order chi connectivity index (χ1) is 6.25. The fourth-order valence-electron chi connectivity index (χ4n) is 1.90. The van der Waals surface area contributed by atoms with E-state index in [0.717, 1.165) is 25.2 Å². The first-order valence-corrected chi connectivity index (χ1v) is 4.71. The predicted octanol–water partition coefficient (Wildman–Crippen LogP) is -0.135. The summed E-state index contributed by atoms with van der Waals surface area (Å²) >= 11 is 0. The molecule has 0 aromatic carbocycles. The highest BCUT2D eigenvalue weighted by molar-refractivity contribution is 5.02. The molecular formula is C9H15N3O. The predicted molar refractivity (Wildman–Crippen MR) is 50.7 cm³/mol. The molecule has 1 aliphatic heterocycles. The lowest BCUT2D eigenvalue weighted by atomic mass is 10.0. The maximum absolute atomic E-state index is 11.0. The standard InChI is InChI=1S/C9H15N3O/c1-12-8(5-9(13)11-12)4-7-2-3-10-6-7/h5,7,10H,2-4,6H2,1H3,(H,11,13). The molecule has 2 rings (SSSR count). The lowest BCUT2D eigenvalue weighted by molar-refractivity contribution is 0.548. The van der Waals surface area contributed by atoms with E-state index < -0.39 is 0 Å². The molecule has 1 aliphatic rings. The third-order valence-corrected chi connectivity index (χ3v) is 2.67. The summed E-state index contributed by atoms with van der Waals surface area (Å²) in [5.41, 5.74) is 1.11. The summed E-state index contributed by atoms with van der Waals surface area (Å²) < 4.78 is 1.82. The summed E-state index contributed by atoms with van der Waals surface area (Å²) in [6.07, 6.45) is 2.22. The SMILES string of the molecule is Cn1[nH]c(=O)cc1CC1CCNC1. The van der Waals surface area contributed by atoms with Crippen molar-refractivity contribution >= 4 is 0 Å². The smallest absolute Gasteiger partial charge is 0.264 e. The molecule has 0 bridgehead atoms. The minimum atomic E-state index is 0.00320. The third kappa shape index (κ3) is 1.83. The minimum absolute atomic E-state index is 0.00320. The van der Waals surface area contributed by atoms with Gasteiger partial charge in [-0.1, -0.05) is 0 Å². The topological polar surface area (TPSA) is 49.8 Å². The monoisotopic (exact) mass is 181 g/mol. The molecule has 72 valence electrons. The van der Waals surface area contributed by atoms with Crippen molar-refractivity contribution < 1.29 is 0 Å². The van der Waals surface area contributed by atoms with Crippen LogP contribution in [0.4, 0.5) is 0 Å². The van der Waals surface area contributed by atoms with Crippen molar-refractivity contribution in [3.8, 4) is 0 Å². The van der Waals surface area contributed by atoms with E-state index in [-0.39, 0.29) is 5.56 Å². The van der Waals surface area contributed by atoms with Crippen molar-refractivity contribution in [2.75, 3.05) is 13.1 Å². The van der Waals surface area contributed by atoms with Crippen molar-refractivity contribution in [2.45, 2.75) is 12.8 Å². The van der Waals surface area contributed by atoms with Crippen LogP contribution in [0.25, 0.3) is 0 Å². The first kappa shape index (κ1) is 8.56. The van der Waals surface area contributed by atoms with Gasteiger partial charge in [-0.3, -0.25) is 14.6 Å². The van der Waals surface area contributed by atoms with Crippen molar-refractivity contribution in [1.29, 1.82) is 0 Å². The minimum Gasteiger partial charge on any atom is -0.316 e. The van der Waals surface area contributed by atoms with Gasteiger partial charge in [0.05, 0.1) is 0 Å². The Morgan fingerprint density at radius 3 is 3.08 bits per heavy atom. The quantitative estimate of drug-likeness (QED) is 0.667. The number of hydrogen-bond donors (Lipinski definition) is 2. The van der Waals surface area contributed by atoms with Crippen LogP contribution in [0.2, 0.25) is 0 Å². The van der Waals surface area contributed by atoms with Crippen LogP contribution in [-0.4, -0.2) is 22.9 Å². The maximum Gasteiger partial charge on any atom is 0.264 e. The number of H-pyrrole nitrogens is 1. The van der Waals surface area contributed by atoms with E-state index in [0.29, 0.717) is 5.92 Å². The van der Waals surface area contributed by atoms with E-state index in [1.54, 1.807) is 6.07 Å². The van der Waals surface area contributed by atoms with Gasteiger partial charge in [-0.2, -0.15) is 0 Å². The molecule has 4 nitrogen and oxygen atoms in total. The molecule has 1 aromatic heterocycles. The third-order valence-electron chi connectivity index (χ3n) is 2.67. The van der Waals surface area contributed by atoms with Crippen molar-refractivity contribution in [3.05, 3.63) is 22.1 Å². The Morgan fingerprint density at radius 1 is 1.69 bits per heavy atom. The second-order valence-corrected chi connectivity index (χ2v) is 3.73. The molecule has 1 saturated heterocycles. The van der Waals surface area contributed by atoms with Gasteiger partial charge in [0.1, 0.15) is 0 Å². The van der Waals surface area contributed by atoms with Gasteiger partial charge in [0, 0.05) is 18.8 Å². The molecule has 0 aliphatic carbocycles. The summed E-state index contributed by atoms with van der Waals surface area (Å²) in [6.45, 7) is 2.20. The molecule has 0 spiro atoms. The van der Waals surface area contributed by atoms with Crippen LogP contribution < -0.4 is 10.9 Å². The average molecular weight is 181 g/mol. The van der Waals surface area contributed by atoms with Crippen LogP contribution in [0.3, 0.4) is 0 Å². The number of hydrogen-bond acceptors (Lipinski definition) is 2.